The van der Waals surface area contributed by atoms with Crippen LogP contribution in [-0.2, 0) is 11.3 Å². The fourth-order valence-corrected chi connectivity index (χ4v) is 2.72. The molecule has 20 heavy (non-hydrogen) atoms. The summed E-state index contributed by atoms with van der Waals surface area (Å²) in [6.07, 6.45) is 1.66. The molecular formula is C16H17NO3. The van der Waals surface area contributed by atoms with Crippen LogP contribution in [0.1, 0.15) is 18.6 Å². The molecule has 3 rings (SSSR count). The number of furan rings is 1. The van der Waals surface area contributed by atoms with Crippen LogP contribution in [0.15, 0.2) is 46.9 Å². The van der Waals surface area contributed by atoms with E-state index in [9.17, 15) is 9.90 Å². The van der Waals surface area contributed by atoms with Crippen molar-refractivity contribution in [3.05, 3.63) is 48.2 Å². The van der Waals surface area contributed by atoms with Crippen LogP contribution in [-0.4, -0.2) is 28.6 Å². The van der Waals surface area contributed by atoms with E-state index < -0.39 is 5.97 Å². The van der Waals surface area contributed by atoms with E-state index in [4.69, 9.17) is 4.42 Å². The van der Waals surface area contributed by atoms with E-state index in [1.54, 1.807) is 0 Å². The van der Waals surface area contributed by atoms with E-state index >= 15 is 0 Å². The summed E-state index contributed by atoms with van der Waals surface area (Å²) in [7, 11) is 0. The van der Waals surface area contributed by atoms with Gasteiger partial charge in [-0.25, -0.2) is 0 Å². The van der Waals surface area contributed by atoms with Crippen LogP contribution in [0, 0.1) is 0 Å². The second kappa shape index (κ2) is 5.51. The lowest BCUT2D eigenvalue weighted by atomic mass is 10.2. The van der Waals surface area contributed by atoms with Crippen LogP contribution in [0.2, 0.25) is 0 Å². The molecule has 1 unspecified atom stereocenters. The standard InChI is InChI=1S/C16H17NO3/c18-16(19)14-7-4-10-17(14)11-13-8-9-15(20-13)12-5-2-1-3-6-12/h1-3,5-6,8-9,14H,4,7,10-11H2,(H,18,19). The topological polar surface area (TPSA) is 53.7 Å². The largest absolute Gasteiger partial charge is 0.480 e. The zero-order valence-electron chi connectivity index (χ0n) is 11.2. The van der Waals surface area contributed by atoms with Gasteiger partial charge in [0.2, 0.25) is 0 Å². The summed E-state index contributed by atoms with van der Waals surface area (Å²) < 4.78 is 5.83. The molecule has 1 aromatic carbocycles. The first kappa shape index (κ1) is 12.9. The molecule has 1 saturated heterocycles. The van der Waals surface area contributed by atoms with Gasteiger partial charge in [-0.1, -0.05) is 30.3 Å². The van der Waals surface area contributed by atoms with E-state index in [-0.39, 0.29) is 6.04 Å². The molecule has 0 aliphatic carbocycles. The fraction of sp³-hybridized carbons (Fsp3) is 0.312. The number of hydrogen-bond donors (Lipinski definition) is 1. The third-order valence-corrected chi connectivity index (χ3v) is 3.73. The molecule has 1 aromatic heterocycles. The van der Waals surface area contributed by atoms with Gasteiger partial charge in [0, 0.05) is 5.56 Å². The van der Waals surface area contributed by atoms with Crippen molar-refractivity contribution in [3.63, 3.8) is 0 Å². The number of carbonyl (C=O) groups is 1. The monoisotopic (exact) mass is 271 g/mol. The third kappa shape index (κ3) is 2.60. The van der Waals surface area contributed by atoms with Gasteiger partial charge >= 0.3 is 5.97 Å². The maximum Gasteiger partial charge on any atom is 0.320 e. The molecule has 2 heterocycles. The highest BCUT2D eigenvalue weighted by Gasteiger charge is 2.30. The Morgan fingerprint density at radius 1 is 1.25 bits per heavy atom. The van der Waals surface area contributed by atoms with Crippen LogP contribution >= 0.6 is 0 Å². The molecular weight excluding hydrogens is 254 g/mol. The maximum atomic E-state index is 11.2. The summed E-state index contributed by atoms with van der Waals surface area (Å²) in [6.45, 7) is 1.38. The van der Waals surface area contributed by atoms with Gasteiger partial charge in [0.15, 0.2) is 0 Å². The van der Waals surface area contributed by atoms with Gasteiger partial charge in [0.05, 0.1) is 6.54 Å². The minimum Gasteiger partial charge on any atom is -0.480 e. The zero-order valence-corrected chi connectivity index (χ0v) is 11.2. The molecule has 4 nitrogen and oxygen atoms in total. The van der Waals surface area contributed by atoms with Crippen molar-refractivity contribution in [2.45, 2.75) is 25.4 Å². The number of rotatable bonds is 4. The predicted molar refractivity (Wildman–Crippen MR) is 75.2 cm³/mol. The Morgan fingerprint density at radius 3 is 2.80 bits per heavy atom. The number of carboxylic acid groups (broad SMARTS) is 1. The number of likely N-dealkylation sites (tertiary alicyclic amines) is 1. The van der Waals surface area contributed by atoms with Crippen molar-refractivity contribution < 1.29 is 14.3 Å². The van der Waals surface area contributed by atoms with E-state index in [0.717, 1.165) is 36.5 Å². The van der Waals surface area contributed by atoms with Gasteiger partial charge in [0.1, 0.15) is 17.6 Å². The summed E-state index contributed by atoms with van der Waals surface area (Å²) in [4.78, 5) is 13.1. The van der Waals surface area contributed by atoms with Gasteiger partial charge in [-0.15, -0.1) is 0 Å². The third-order valence-electron chi connectivity index (χ3n) is 3.73. The minimum absolute atomic E-state index is 0.375. The molecule has 2 aromatic rings. The Bertz CT molecular complexity index is 591. The summed E-state index contributed by atoms with van der Waals surface area (Å²) in [5.41, 5.74) is 1.04. The molecule has 4 heteroatoms. The Labute approximate surface area is 117 Å². The van der Waals surface area contributed by atoms with E-state index in [1.165, 1.54) is 0 Å². The molecule has 1 aliphatic heterocycles. The van der Waals surface area contributed by atoms with Crippen molar-refractivity contribution >= 4 is 5.97 Å². The van der Waals surface area contributed by atoms with Crippen molar-refractivity contribution in [2.24, 2.45) is 0 Å². The average molecular weight is 271 g/mol. The molecule has 0 amide bonds. The van der Waals surface area contributed by atoms with E-state index in [2.05, 4.69) is 0 Å². The van der Waals surface area contributed by atoms with Crippen LogP contribution in [0.25, 0.3) is 11.3 Å². The summed E-state index contributed by atoms with van der Waals surface area (Å²) in [5.74, 6) is 0.904. The quantitative estimate of drug-likeness (QED) is 0.928. The lowest BCUT2D eigenvalue weighted by Crippen LogP contribution is -2.35. The summed E-state index contributed by atoms with van der Waals surface area (Å²) in [6, 6.07) is 13.4. The Hall–Kier alpha value is -2.07. The number of carboxylic acids is 1. The smallest absolute Gasteiger partial charge is 0.320 e. The average Bonchev–Trinajstić information content (AvgIpc) is 3.09. The molecule has 1 fully saturated rings. The van der Waals surface area contributed by atoms with Crippen LogP contribution < -0.4 is 0 Å². The lowest BCUT2D eigenvalue weighted by molar-refractivity contribution is -0.142. The SMILES string of the molecule is O=C(O)C1CCCN1Cc1ccc(-c2ccccc2)o1. The van der Waals surface area contributed by atoms with Crippen molar-refractivity contribution in [3.8, 4) is 11.3 Å². The number of hydrogen-bond acceptors (Lipinski definition) is 3. The first-order valence-corrected chi connectivity index (χ1v) is 6.85. The number of benzene rings is 1. The van der Waals surface area contributed by atoms with E-state index in [1.807, 2.05) is 47.4 Å². The highest BCUT2D eigenvalue weighted by molar-refractivity contribution is 5.73. The molecule has 0 spiro atoms. The number of aliphatic carboxylic acids is 1. The van der Waals surface area contributed by atoms with Gasteiger partial charge in [-0.05, 0) is 31.5 Å². The van der Waals surface area contributed by atoms with Gasteiger partial charge < -0.3 is 9.52 Å². The molecule has 1 aliphatic rings. The first-order chi connectivity index (χ1) is 9.74. The van der Waals surface area contributed by atoms with E-state index in [0.29, 0.717) is 6.54 Å². The second-order valence-corrected chi connectivity index (χ2v) is 5.10. The summed E-state index contributed by atoms with van der Waals surface area (Å²) >= 11 is 0. The molecule has 0 radical (unpaired) electrons. The second-order valence-electron chi connectivity index (χ2n) is 5.10. The van der Waals surface area contributed by atoms with Crippen molar-refractivity contribution in [1.82, 2.24) is 4.90 Å². The molecule has 1 atom stereocenters. The van der Waals surface area contributed by atoms with Gasteiger partial charge in [-0.2, -0.15) is 0 Å². The Kier molecular flexibility index (Phi) is 3.56. The molecule has 1 N–H and O–H groups in total. The molecule has 0 bridgehead atoms. The Morgan fingerprint density at radius 2 is 2.05 bits per heavy atom. The molecule has 0 saturated carbocycles. The zero-order chi connectivity index (χ0) is 13.9. The van der Waals surface area contributed by atoms with Crippen LogP contribution in [0.5, 0.6) is 0 Å². The maximum absolute atomic E-state index is 11.2. The minimum atomic E-state index is -0.739. The van der Waals surface area contributed by atoms with Gasteiger partial charge in [-0.3, -0.25) is 9.69 Å². The highest BCUT2D eigenvalue weighted by Crippen LogP contribution is 2.25. The fourth-order valence-electron chi connectivity index (χ4n) is 2.72. The summed E-state index contributed by atoms with van der Waals surface area (Å²) in [5, 5.41) is 9.17. The van der Waals surface area contributed by atoms with Crippen molar-refractivity contribution in [2.75, 3.05) is 6.54 Å². The number of nitrogens with zero attached hydrogens (tertiary/aromatic N) is 1. The predicted octanol–water partition coefficient (Wildman–Crippen LogP) is 3.00. The Balaban J connectivity index is 1.73. The van der Waals surface area contributed by atoms with Crippen LogP contribution in [0.3, 0.4) is 0 Å². The first-order valence-electron chi connectivity index (χ1n) is 6.85. The molecule has 104 valence electrons. The van der Waals surface area contributed by atoms with Crippen molar-refractivity contribution in [1.29, 1.82) is 0 Å². The normalized spacial score (nSPS) is 19.3. The van der Waals surface area contributed by atoms with Gasteiger partial charge in [0.25, 0.3) is 0 Å². The lowest BCUT2D eigenvalue weighted by Gasteiger charge is -2.19. The van der Waals surface area contributed by atoms with Crippen LogP contribution in [0.4, 0.5) is 0 Å². The highest BCUT2D eigenvalue weighted by atomic mass is 16.4.